The molecule has 0 bridgehead atoms. The Labute approximate surface area is 178 Å². The molecule has 1 saturated carbocycles. The van der Waals surface area contributed by atoms with Gasteiger partial charge in [-0.2, -0.15) is 0 Å². The summed E-state index contributed by atoms with van der Waals surface area (Å²) in [6, 6.07) is 3.29. The van der Waals surface area contributed by atoms with Crippen LogP contribution >= 0.6 is 11.6 Å². The van der Waals surface area contributed by atoms with Crippen molar-refractivity contribution in [3.8, 4) is 5.75 Å². The van der Waals surface area contributed by atoms with Gasteiger partial charge in [0.1, 0.15) is 12.3 Å². The fourth-order valence-corrected chi connectivity index (χ4v) is 4.27. The van der Waals surface area contributed by atoms with Crippen LogP contribution in [0.15, 0.2) is 17.1 Å². The number of carbonyl (C=O) groups is 3. The van der Waals surface area contributed by atoms with Gasteiger partial charge >= 0.3 is 5.97 Å². The van der Waals surface area contributed by atoms with Crippen molar-refractivity contribution < 1.29 is 24.2 Å². The summed E-state index contributed by atoms with van der Waals surface area (Å²) in [5.74, 6) is -1.03. The van der Waals surface area contributed by atoms with Crippen LogP contribution in [0, 0.1) is 0 Å². The van der Waals surface area contributed by atoms with E-state index in [2.05, 4.69) is 15.6 Å². The molecule has 30 heavy (non-hydrogen) atoms. The van der Waals surface area contributed by atoms with E-state index in [4.69, 9.17) is 16.3 Å². The number of carboxylic acids is 1. The van der Waals surface area contributed by atoms with Crippen LogP contribution in [-0.4, -0.2) is 52.4 Å². The number of carboxylic acid groups (broad SMARTS) is 1. The predicted octanol–water partition coefficient (Wildman–Crippen LogP) is 1.94. The molecule has 3 N–H and O–H groups in total. The molecule has 2 aliphatic heterocycles. The fraction of sp³-hybridized carbons (Fsp3) is 0.500. The Hall–Kier alpha value is -2.81. The van der Waals surface area contributed by atoms with Crippen LogP contribution in [0.3, 0.4) is 0 Å². The summed E-state index contributed by atoms with van der Waals surface area (Å²) in [5, 5.41) is 15.1. The van der Waals surface area contributed by atoms with Crippen molar-refractivity contribution in [3.05, 3.63) is 22.7 Å². The summed E-state index contributed by atoms with van der Waals surface area (Å²) in [6.45, 7) is 0.548. The van der Waals surface area contributed by atoms with E-state index < -0.39 is 24.4 Å². The lowest BCUT2D eigenvalue weighted by atomic mass is 9.95. The second kappa shape index (κ2) is 8.51. The number of ether oxygens (including phenoxy) is 1. The van der Waals surface area contributed by atoms with E-state index in [0.29, 0.717) is 23.8 Å². The van der Waals surface area contributed by atoms with E-state index in [1.165, 1.54) is 0 Å². The summed E-state index contributed by atoms with van der Waals surface area (Å²) >= 11 is 6.53. The first-order valence-corrected chi connectivity index (χ1v) is 10.4. The van der Waals surface area contributed by atoms with Gasteiger partial charge in [0.25, 0.3) is 5.91 Å². The lowest BCUT2D eigenvalue weighted by Gasteiger charge is -2.27. The van der Waals surface area contributed by atoms with Crippen molar-refractivity contribution in [2.75, 3.05) is 6.54 Å². The Kier molecular flexibility index (Phi) is 5.80. The quantitative estimate of drug-likeness (QED) is 0.629. The monoisotopic (exact) mass is 434 g/mol. The van der Waals surface area contributed by atoms with Gasteiger partial charge in [-0.05, 0) is 25.0 Å². The third-order valence-corrected chi connectivity index (χ3v) is 5.93. The number of halogens is 1. The Morgan fingerprint density at radius 2 is 2.07 bits per heavy atom. The highest BCUT2D eigenvalue weighted by atomic mass is 35.5. The van der Waals surface area contributed by atoms with E-state index >= 15 is 0 Å². The number of aliphatic imine (C=N–C) groups is 1. The van der Waals surface area contributed by atoms with Gasteiger partial charge in [0.2, 0.25) is 11.9 Å². The number of guanidine groups is 1. The highest BCUT2D eigenvalue weighted by Crippen LogP contribution is 2.39. The van der Waals surface area contributed by atoms with Crippen LogP contribution < -0.4 is 15.4 Å². The lowest BCUT2D eigenvalue weighted by molar-refractivity contribution is -0.143. The van der Waals surface area contributed by atoms with Crippen molar-refractivity contribution in [1.82, 2.24) is 15.5 Å². The molecule has 160 valence electrons. The van der Waals surface area contributed by atoms with Crippen LogP contribution in [-0.2, 0) is 20.9 Å². The smallest absolute Gasteiger partial charge is 0.307 e. The summed E-state index contributed by atoms with van der Waals surface area (Å²) in [5.41, 5.74) is 1.26. The van der Waals surface area contributed by atoms with Crippen molar-refractivity contribution in [3.63, 3.8) is 0 Å². The van der Waals surface area contributed by atoms with Crippen LogP contribution in [0.4, 0.5) is 5.69 Å². The van der Waals surface area contributed by atoms with Crippen molar-refractivity contribution in [2.24, 2.45) is 4.99 Å². The number of amides is 2. The average Bonchev–Trinajstić information content (AvgIpc) is 3.07. The zero-order valence-corrected chi connectivity index (χ0v) is 17.1. The SMILES string of the molecule is O=C(O)CC(Oc1ccc2c(c1Cl)CN1CC(=O)NC1=N2)C(=O)NC1CCCCC1. The maximum absolute atomic E-state index is 12.7. The summed E-state index contributed by atoms with van der Waals surface area (Å²) < 4.78 is 5.78. The Morgan fingerprint density at radius 3 is 2.80 bits per heavy atom. The first kappa shape index (κ1) is 20.5. The zero-order valence-electron chi connectivity index (χ0n) is 16.3. The number of hydrogen-bond donors (Lipinski definition) is 3. The molecule has 1 aliphatic carbocycles. The molecule has 1 aromatic rings. The number of rotatable bonds is 6. The minimum Gasteiger partial charge on any atom is -0.481 e. The summed E-state index contributed by atoms with van der Waals surface area (Å²) in [7, 11) is 0. The number of carbonyl (C=O) groups excluding carboxylic acids is 2. The fourth-order valence-electron chi connectivity index (χ4n) is 4.00. The van der Waals surface area contributed by atoms with Gasteiger partial charge in [0, 0.05) is 11.6 Å². The van der Waals surface area contributed by atoms with Crippen molar-refractivity contribution >= 4 is 41.0 Å². The molecule has 2 heterocycles. The summed E-state index contributed by atoms with van der Waals surface area (Å²) in [6.07, 6.45) is 3.33. The molecule has 1 unspecified atom stereocenters. The Balaban J connectivity index is 1.52. The standard InChI is InChI=1S/C20H23ClN4O5/c21-18-12-9-25-10-16(26)24-20(25)23-13(12)6-7-14(18)30-15(8-17(27)28)19(29)22-11-4-2-1-3-5-11/h6-7,11,15H,1-5,8-10H2,(H,22,29)(H,27,28)(H,23,24,26). The molecule has 1 saturated heterocycles. The van der Waals surface area contributed by atoms with Gasteiger partial charge < -0.3 is 20.1 Å². The second-order valence-corrected chi connectivity index (χ2v) is 8.14. The molecule has 4 rings (SSSR count). The first-order chi connectivity index (χ1) is 14.4. The molecule has 1 aromatic carbocycles. The number of fused-ring (bicyclic) bond motifs is 2. The van der Waals surface area contributed by atoms with E-state index in [1.807, 2.05) is 0 Å². The number of hydrogen-bond acceptors (Lipinski definition) is 6. The van der Waals surface area contributed by atoms with Gasteiger partial charge in [-0.1, -0.05) is 30.9 Å². The average molecular weight is 435 g/mol. The topological polar surface area (TPSA) is 120 Å². The number of benzene rings is 1. The predicted molar refractivity (Wildman–Crippen MR) is 109 cm³/mol. The van der Waals surface area contributed by atoms with Gasteiger partial charge in [0.15, 0.2) is 6.10 Å². The largest absolute Gasteiger partial charge is 0.481 e. The maximum atomic E-state index is 12.7. The summed E-state index contributed by atoms with van der Waals surface area (Å²) in [4.78, 5) is 41.8. The van der Waals surface area contributed by atoms with E-state index in [-0.39, 0.29) is 29.3 Å². The Bertz CT molecular complexity index is 913. The lowest BCUT2D eigenvalue weighted by Crippen LogP contribution is -2.45. The van der Waals surface area contributed by atoms with Crippen LogP contribution in [0.1, 0.15) is 44.1 Å². The minimum absolute atomic E-state index is 0.0399. The molecule has 3 aliphatic rings. The molecule has 0 spiro atoms. The van der Waals surface area contributed by atoms with Crippen molar-refractivity contribution in [1.29, 1.82) is 0 Å². The molecule has 2 amide bonds. The molecular formula is C20H23ClN4O5. The zero-order chi connectivity index (χ0) is 21.3. The number of nitrogens with zero attached hydrogens (tertiary/aromatic N) is 2. The van der Waals surface area contributed by atoms with Gasteiger partial charge in [-0.25, -0.2) is 4.99 Å². The molecule has 9 nitrogen and oxygen atoms in total. The molecule has 10 heteroatoms. The van der Waals surface area contributed by atoms with Crippen LogP contribution in [0.5, 0.6) is 5.75 Å². The third-order valence-electron chi connectivity index (χ3n) is 5.52. The van der Waals surface area contributed by atoms with Crippen LogP contribution in [0.25, 0.3) is 0 Å². The highest BCUT2D eigenvalue weighted by molar-refractivity contribution is 6.33. The molecule has 2 fully saturated rings. The molecular weight excluding hydrogens is 412 g/mol. The van der Waals surface area contributed by atoms with E-state index in [1.54, 1.807) is 17.0 Å². The molecule has 1 atom stereocenters. The maximum Gasteiger partial charge on any atom is 0.307 e. The number of aliphatic carboxylic acids is 1. The van der Waals surface area contributed by atoms with E-state index in [9.17, 15) is 19.5 Å². The van der Waals surface area contributed by atoms with Crippen molar-refractivity contribution in [2.45, 2.75) is 57.2 Å². The van der Waals surface area contributed by atoms with Crippen LogP contribution in [0.2, 0.25) is 5.02 Å². The highest BCUT2D eigenvalue weighted by Gasteiger charge is 2.32. The Morgan fingerprint density at radius 1 is 1.30 bits per heavy atom. The molecule has 0 aromatic heterocycles. The van der Waals surface area contributed by atoms with E-state index in [0.717, 1.165) is 32.1 Å². The first-order valence-electron chi connectivity index (χ1n) is 10.0. The minimum atomic E-state index is -1.20. The van der Waals surface area contributed by atoms with Gasteiger partial charge in [-0.3, -0.25) is 19.7 Å². The molecule has 0 radical (unpaired) electrons. The number of nitrogens with one attached hydrogen (secondary N) is 2. The second-order valence-electron chi connectivity index (χ2n) is 7.76. The van der Waals surface area contributed by atoms with Gasteiger partial charge in [0.05, 0.1) is 23.7 Å². The third kappa shape index (κ3) is 4.35. The normalized spacial score (nSPS) is 19.3. The van der Waals surface area contributed by atoms with Gasteiger partial charge in [-0.15, -0.1) is 0 Å².